The fraction of sp³-hybridized carbons (Fsp3) is 0.167. The molecule has 0 fully saturated rings. The topological polar surface area (TPSA) is 77.2 Å². The highest BCUT2D eigenvalue weighted by Crippen LogP contribution is 2.26. The molecule has 0 spiro atoms. The van der Waals surface area contributed by atoms with Gasteiger partial charge in [-0.1, -0.05) is 12.1 Å². The molecule has 0 unspecified atom stereocenters. The van der Waals surface area contributed by atoms with Crippen LogP contribution < -0.4 is 10.3 Å². The lowest BCUT2D eigenvalue weighted by molar-refractivity contribution is 0.415. The Morgan fingerprint density at radius 3 is 2.88 bits per heavy atom. The first-order chi connectivity index (χ1) is 12.2. The van der Waals surface area contributed by atoms with Crippen LogP contribution in [-0.2, 0) is 6.54 Å². The summed E-state index contributed by atoms with van der Waals surface area (Å²) < 4.78 is 8.49. The Bertz CT molecular complexity index is 1110. The highest BCUT2D eigenvalue weighted by atomic mass is 16.5. The number of nitrogens with one attached hydrogen (secondary N) is 1. The van der Waals surface area contributed by atoms with Gasteiger partial charge in [0.15, 0.2) is 5.65 Å². The third-order valence-corrected chi connectivity index (χ3v) is 4.16. The summed E-state index contributed by atoms with van der Waals surface area (Å²) in [5.41, 5.74) is 3.22. The SMILES string of the molecule is CCn1ccc(-c2cnc3c(-c4cccc(OC)c4)c[nH]n3c2=O)n1. The number of aromatic nitrogens is 5. The maximum Gasteiger partial charge on any atom is 0.282 e. The van der Waals surface area contributed by atoms with Crippen LogP contribution in [0.1, 0.15) is 6.92 Å². The second kappa shape index (κ2) is 5.94. The number of ether oxygens (including phenoxy) is 1. The molecule has 0 radical (unpaired) electrons. The van der Waals surface area contributed by atoms with Crippen LogP contribution in [0.25, 0.3) is 28.0 Å². The maximum absolute atomic E-state index is 12.8. The molecule has 3 aromatic heterocycles. The maximum atomic E-state index is 12.8. The van der Waals surface area contributed by atoms with E-state index in [1.54, 1.807) is 24.2 Å². The lowest BCUT2D eigenvalue weighted by Gasteiger charge is -2.03. The Balaban J connectivity index is 1.85. The van der Waals surface area contributed by atoms with Gasteiger partial charge in [-0.15, -0.1) is 0 Å². The Morgan fingerprint density at radius 2 is 2.12 bits per heavy atom. The van der Waals surface area contributed by atoms with E-state index in [0.29, 0.717) is 16.9 Å². The number of aromatic amines is 1. The van der Waals surface area contributed by atoms with Crippen molar-refractivity contribution in [3.8, 4) is 28.1 Å². The Labute approximate surface area is 143 Å². The van der Waals surface area contributed by atoms with Gasteiger partial charge in [-0.2, -0.15) is 5.10 Å². The van der Waals surface area contributed by atoms with Gasteiger partial charge >= 0.3 is 0 Å². The van der Waals surface area contributed by atoms with Crippen molar-refractivity contribution in [1.29, 1.82) is 0 Å². The zero-order valence-electron chi connectivity index (χ0n) is 13.9. The third-order valence-electron chi connectivity index (χ3n) is 4.16. The van der Waals surface area contributed by atoms with Crippen molar-refractivity contribution in [2.75, 3.05) is 7.11 Å². The van der Waals surface area contributed by atoms with Gasteiger partial charge in [0, 0.05) is 30.7 Å². The molecule has 0 aliphatic carbocycles. The highest BCUT2D eigenvalue weighted by Gasteiger charge is 2.14. The van der Waals surface area contributed by atoms with Crippen molar-refractivity contribution < 1.29 is 4.74 Å². The highest BCUT2D eigenvalue weighted by molar-refractivity contribution is 5.78. The number of hydrogen-bond donors (Lipinski definition) is 1. The van der Waals surface area contributed by atoms with Crippen molar-refractivity contribution in [1.82, 2.24) is 24.4 Å². The van der Waals surface area contributed by atoms with Gasteiger partial charge in [0.25, 0.3) is 5.56 Å². The molecule has 0 aliphatic rings. The average molecular weight is 335 g/mol. The van der Waals surface area contributed by atoms with Crippen LogP contribution in [0.3, 0.4) is 0 Å². The van der Waals surface area contributed by atoms with E-state index in [0.717, 1.165) is 23.4 Å². The van der Waals surface area contributed by atoms with Crippen LogP contribution in [0.15, 0.2) is 53.7 Å². The van der Waals surface area contributed by atoms with Crippen LogP contribution in [-0.4, -0.2) is 31.5 Å². The molecule has 0 aliphatic heterocycles. The number of rotatable bonds is 4. The van der Waals surface area contributed by atoms with Crippen molar-refractivity contribution in [2.24, 2.45) is 0 Å². The van der Waals surface area contributed by atoms with E-state index in [1.165, 1.54) is 4.52 Å². The van der Waals surface area contributed by atoms with E-state index in [4.69, 9.17) is 4.74 Å². The Morgan fingerprint density at radius 1 is 1.24 bits per heavy atom. The molecule has 1 N–H and O–H groups in total. The summed E-state index contributed by atoms with van der Waals surface area (Å²) >= 11 is 0. The van der Waals surface area contributed by atoms with Crippen LogP contribution in [0.4, 0.5) is 0 Å². The van der Waals surface area contributed by atoms with E-state index >= 15 is 0 Å². The molecule has 0 bridgehead atoms. The summed E-state index contributed by atoms with van der Waals surface area (Å²) in [6.45, 7) is 2.75. The van der Waals surface area contributed by atoms with Gasteiger partial charge in [-0.05, 0) is 30.7 Å². The van der Waals surface area contributed by atoms with Gasteiger partial charge in [-0.25, -0.2) is 9.50 Å². The van der Waals surface area contributed by atoms with Crippen LogP contribution in [0.5, 0.6) is 5.75 Å². The summed E-state index contributed by atoms with van der Waals surface area (Å²) in [5, 5.41) is 7.38. The minimum absolute atomic E-state index is 0.180. The second-order valence-corrected chi connectivity index (χ2v) is 5.61. The number of methoxy groups -OCH3 is 1. The lowest BCUT2D eigenvalue weighted by atomic mass is 10.1. The van der Waals surface area contributed by atoms with Crippen molar-refractivity contribution >= 4 is 5.65 Å². The number of fused-ring (bicyclic) bond motifs is 1. The quantitative estimate of drug-likeness (QED) is 0.622. The molecule has 7 nitrogen and oxygen atoms in total. The van der Waals surface area contributed by atoms with Crippen LogP contribution in [0.2, 0.25) is 0 Å². The minimum atomic E-state index is -0.180. The number of benzene rings is 1. The second-order valence-electron chi connectivity index (χ2n) is 5.61. The van der Waals surface area contributed by atoms with Crippen LogP contribution in [0, 0.1) is 0 Å². The average Bonchev–Trinajstić information content (AvgIpc) is 3.29. The van der Waals surface area contributed by atoms with Crippen LogP contribution >= 0.6 is 0 Å². The zero-order chi connectivity index (χ0) is 17.4. The zero-order valence-corrected chi connectivity index (χ0v) is 13.9. The summed E-state index contributed by atoms with van der Waals surface area (Å²) in [5.74, 6) is 0.751. The predicted octanol–water partition coefficient (Wildman–Crippen LogP) is 2.58. The van der Waals surface area contributed by atoms with Crippen molar-refractivity contribution in [3.63, 3.8) is 0 Å². The van der Waals surface area contributed by atoms with Gasteiger partial charge in [-0.3, -0.25) is 14.6 Å². The Hall–Kier alpha value is -3.35. The monoisotopic (exact) mass is 335 g/mol. The molecule has 0 amide bonds. The summed E-state index contributed by atoms with van der Waals surface area (Å²) in [6.07, 6.45) is 5.20. The van der Waals surface area contributed by atoms with Gasteiger partial charge in [0.1, 0.15) is 5.75 Å². The molecular formula is C18H17N5O2. The largest absolute Gasteiger partial charge is 0.497 e. The number of hydrogen-bond acceptors (Lipinski definition) is 4. The lowest BCUT2D eigenvalue weighted by Crippen LogP contribution is -2.17. The molecule has 25 heavy (non-hydrogen) atoms. The molecule has 3 heterocycles. The fourth-order valence-corrected chi connectivity index (χ4v) is 2.82. The summed E-state index contributed by atoms with van der Waals surface area (Å²) in [7, 11) is 1.62. The minimum Gasteiger partial charge on any atom is -0.497 e. The van der Waals surface area contributed by atoms with E-state index in [9.17, 15) is 4.79 Å². The molecule has 0 saturated carbocycles. The van der Waals surface area contributed by atoms with E-state index < -0.39 is 0 Å². The molecule has 0 saturated heterocycles. The molecule has 1 aromatic carbocycles. The van der Waals surface area contributed by atoms with E-state index in [1.807, 2.05) is 43.5 Å². The smallest absolute Gasteiger partial charge is 0.282 e. The Kier molecular flexibility index (Phi) is 3.61. The van der Waals surface area contributed by atoms with Gasteiger partial charge < -0.3 is 4.74 Å². The van der Waals surface area contributed by atoms with Gasteiger partial charge in [0.05, 0.1) is 18.4 Å². The standard InChI is InChI=1S/C18H17N5O2/c1-3-22-8-7-16(21-22)15-10-19-17-14(11-20-23(17)18(15)24)12-5-4-6-13(9-12)25-2/h4-11,20H,3H2,1-2H3. The number of aryl methyl sites for hydroxylation is 1. The predicted molar refractivity (Wildman–Crippen MR) is 94.7 cm³/mol. The third kappa shape index (κ3) is 2.50. The van der Waals surface area contributed by atoms with Crippen molar-refractivity contribution in [2.45, 2.75) is 13.5 Å². The fourth-order valence-electron chi connectivity index (χ4n) is 2.82. The molecule has 4 aromatic rings. The van der Waals surface area contributed by atoms with Crippen molar-refractivity contribution in [3.05, 3.63) is 59.3 Å². The summed E-state index contributed by atoms with van der Waals surface area (Å²) in [4.78, 5) is 17.3. The molecular weight excluding hydrogens is 318 g/mol. The first kappa shape index (κ1) is 15.2. The molecule has 126 valence electrons. The number of H-pyrrole nitrogens is 1. The van der Waals surface area contributed by atoms with E-state index in [2.05, 4.69) is 15.2 Å². The van der Waals surface area contributed by atoms with E-state index in [-0.39, 0.29) is 5.56 Å². The van der Waals surface area contributed by atoms with Gasteiger partial charge in [0.2, 0.25) is 0 Å². The molecule has 7 heteroatoms. The molecule has 0 atom stereocenters. The number of nitrogens with zero attached hydrogens (tertiary/aromatic N) is 4. The summed E-state index contributed by atoms with van der Waals surface area (Å²) in [6, 6.07) is 9.46. The first-order valence-corrected chi connectivity index (χ1v) is 7.98. The molecule has 4 rings (SSSR count). The normalized spacial score (nSPS) is 11.1. The first-order valence-electron chi connectivity index (χ1n) is 7.98.